The molecule has 0 fully saturated rings. The Bertz CT molecular complexity index is 850. The molecular weight excluding hydrogens is 626 g/mol. The van der Waals surface area contributed by atoms with Gasteiger partial charge in [0.2, 0.25) is 11.8 Å². The van der Waals surface area contributed by atoms with Crippen LogP contribution >= 0.6 is 16.8 Å². The highest BCUT2D eigenvalue weighted by atomic mass is 31.2. The second kappa shape index (κ2) is 27.4. The molecule has 0 radical (unpaired) electrons. The number of carbonyl (C=O) groups is 6. The molecule has 44 heavy (non-hydrogen) atoms. The number of ketones is 2. The minimum absolute atomic E-state index is 0.0151. The van der Waals surface area contributed by atoms with Crippen LogP contribution in [-0.2, 0) is 47.7 Å². The van der Waals surface area contributed by atoms with Gasteiger partial charge in [-0.25, -0.2) is 9.59 Å². The highest BCUT2D eigenvalue weighted by Gasteiger charge is 2.16. The van der Waals surface area contributed by atoms with E-state index >= 15 is 0 Å². The third-order valence-corrected chi connectivity index (χ3v) is 5.91. The number of rotatable bonds is 24. The summed E-state index contributed by atoms with van der Waals surface area (Å²) in [6.07, 6.45) is 2.20. The summed E-state index contributed by atoms with van der Waals surface area (Å²) in [6, 6.07) is 0. The maximum absolute atomic E-state index is 11.3. The van der Waals surface area contributed by atoms with Crippen molar-refractivity contribution < 1.29 is 67.3 Å². The highest BCUT2D eigenvalue weighted by Crippen LogP contribution is 2.23. The van der Waals surface area contributed by atoms with Crippen LogP contribution in [0.3, 0.4) is 0 Å². The number of amides is 2. The van der Waals surface area contributed by atoms with Crippen molar-refractivity contribution in [2.24, 2.45) is 0 Å². The van der Waals surface area contributed by atoms with E-state index in [4.69, 9.17) is 38.5 Å². The van der Waals surface area contributed by atoms with Gasteiger partial charge in [-0.3, -0.25) is 19.2 Å². The van der Waals surface area contributed by atoms with E-state index in [0.717, 1.165) is 24.3 Å². The summed E-state index contributed by atoms with van der Waals surface area (Å²) in [5.41, 5.74) is 0. The molecule has 0 aromatic rings. The second-order valence-corrected chi connectivity index (χ2v) is 10.3. The zero-order chi connectivity index (χ0) is 33.9. The Kier molecular flexibility index (Phi) is 26.7. The number of carbonyl (C=O) groups excluding carboxylic acids is 6. The van der Waals surface area contributed by atoms with Crippen LogP contribution in [0.4, 0.5) is 0 Å². The van der Waals surface area contributed by atoms with Gasteiger partial charge in [-0.2, -0.15) is 0 Å². The van der Waals surface area contributed by atoms with Crippen LogP contribution in [0.2, 0.25) is 0 Å². The summed E-state index contributed by atoms with van der Waals surface area (Å²) in [6.45, 7) is 13.0. The smallest absolute Gasteiger partial charge is 0.330 e. The SMILES string of the molecule is C=CC(=O)NCC(CNC(=O)C=C)OCCC(=O)CP(O)O.C=CC(=O)OCC(COC(=O)C=C)OCCC(=O)CP(O)O. The normalized spacial score (nSPS) is 10.4. The predicted octanol–water partition coefficient (Wildman–Crippen LogP) is -0.683. The molecule has 0 aliphatic carbocycles. The third kappa shape index (κ3) is 27.6. The Morgan fingerprint density at radius 2 is 0.977 bits per heavy atom. The van der Waals surface area contributed by atoms with Crippen molar-refractivity contribution >= 4 is 52.1 Å². The minimum atomic E-state index is -2.27. The number of hydrogen-bond acceptors (Lipinski definition) is 14. The van der Waals surface area contributed by atoms with Gasteiger partial charge in [0, 0.05) is 38.1 Å². The summed E-state index contributed by atoms with van der Waals surface area (Å²) in [5.74, 6) is -2.80. The molecule has 16 nitrogen and oxygen atoms in total. The van der Waals surface area contributed by atoms with Crippen LogP contribution < -0.4 is 10.6 Å². The van der Waals surface area contributed by atoms with Crippen LogP contribution in [0.15, 0.2) is 50.6 Å². The first-order valence-electron chi connectivity index (χ1n) is 12.7. The van der Waals surface area contributed by atoms with Crippen LogP contribution in [0.5, 0.6) is 0 Å². The zero-order valence-corrected chi connectivity index (χ0v) is 25.9. The third-order valence-electron chi connectivity index (χ3n) is 4.64. The van der Waals surface area contributed by atoms with Gasteiger partial charge >= 0.3 is 11.9 Å². The Morgan fingerprint density at radius 3 is 1.30 bits per heavy atom. The Morgan fingerprint density at radius 1 is 0.614 bits per heavy atom. The van der Waals surface area contributed by atoms with Crippen molar-refractivity contribution in [3.8, 4) is 0 Å². The van der Waals surface area contributed by atoms with Crippen molar-refractivity contribution in [3.63, 3.8) is 0 Å². The molecule has 0 spiro atoms. The molecule has 0 aromatic carbocycles. The maximum atomic E-state index is 11.3. The lowest BCUT2D eigenvalue weighted by Gasteiger charge is -2.18. The van der Waals surface area contributed by atoms with Gasteiger partial charge in [-0.05, 0) is 12.2 Å². The number of esters is 2. The molecule has 18 heteroatoms. The molecule has 0 aliphatic heterocycles. The van der Waals surface area contributed by atoms with Gasteiger partial charge in [-0.1, -0.05) is 26.3 Å². The number of ether oxygens (including phenoxy) is 4. The standard InChI is InChI=1S/C13H21N2O6P.C13H19O8P/c1-3-12(17)14-7-11(8-15-13(18)4-2)21-6-5-10(16)9-22(19)20;1-3-12(15)20-7-11(8-21-13(16)4-2)19-6-5-10(14)9-22(17)18/h3-4,11,19-20H,1-2,5-9H2,(H,14,17)(H,15,18);3-4,11,17-18H,1-2,5-9H2. The maximum Gasteiger partial charge on any atom is 0.330 e. The van der Waals surface area contributed by atoms with Gasteiger partial charge in [-0.15, -0.1) is 0 Å². The monoisotopic (exact) mass is 666 g/mol. The lowest BCUT2D eigenvalue weighted by atomic mass is 10.3. The van der Waals surface area contributed by atoms with Gasteiger partial charge in [0.15, 0.2) is 16.8 Å². The molecule has 248 valence electrons. The van der Waals surface area contributed by atoms with E-state index in [2.05, 4.69) is 36.9 Å². The van der Waals surface area contributed by atoms with Crippen LogP contribution in [0, 0.1) is 0 Å². The van der Waals surface area contributed by atoms with Gasteiger partial charge < -0.3 is 49.2 Å². The molecule has 2 amide bonds. The van der Waals surface area contributed by atoms with Crippen molar-refractivity contribution in [2.45, 2.75) is 25.0 Å². The molecule has 6 N–H and O–H groups in total. The summed E-state index contributed by atoms with van der Waals surface area (Å²) in [7, 11) is -4.52. The molecule has 0 unspecified atom stereocenters. The first-order chi connectivity index (χ1) is 20.8. The average molecular weight is 667 g/mol. The minimum Gasteiger partial charge on any atom is -0.460 e. The van der Waals surface area contributed by atoms with E-state index in [0.29, 0.717) is 0 Å². The van der Waals surface area contributed by atoms with Gasteiger partial charge in [0.1, 0.15) is 30.9 Å². The fourth-order valence-electron chi connectivity index (χ4n) is 2.53. The fourth-order valence-corrected chi connectivity index (χ4v) is 3.48. The number of Topliss-reactive ketones (excluding diaryl/α,β-unsaturated/α-hetero) is 2. The van der Waals surface area contributed by atoms with E-state index in [-0.39, 0.29) is 88.1 Å². The molecule has 0 aromatic heterocycles. The second-order valence-electron chi connectivity index (χ2n) is 8.19. The lowest BCUT2D eigenvalue weighted by Crippen LogP contribution is -2.41. The van der Waals surface area contributed by atoms with Crippen LogP contribution in [-0.4, -0.2) is 119 Å². The van der Waals surface area contributed by atoms with Crippen molar-refractivity contribution in [2.75, 3.05) is 51.8 Å². The average Bonchev–Trinajstić information content (AvgIpc) is 2.97. The molecule has 0 saturated heterocycles. The van der Waals surface area contributed by atoms with E-state index in [1.165, 1.54) is 0 Å². The summed E-state index contributed by atoms with van der Waals surface area (Å²) >= 11 is 0. The predicted molar refractivity (Wildman–Crippen MR) is 160 cm³/mol. The Hall–Kier alpha value is -3.20. The highest BCUT2D eigenvalue weighted by molar-refractivity contribution is 7.46. The van der Waals surface area contributed by atoms with E-state index in [1.807, 2.05) is 0 Å². The largest absolute Gasteiger partial charge is 0.460 e. The number of hydrogen-bond donors (Lipinski definition) is 6. The van der Waals surface area contributed by atoms with E-state index in [1.54, 1.807) is 0 Å². The van der Waals surface area contributed by atoms with Gasteiger partial charge in [0.05, 0.1) is 31.6 Å². The lowest BCUT2D eigenvalue weighted by molar-refractivity contribution is -0.150. The van der Waals surface area contributed by atoms with Crippen LogP contribution in [0.1, 0.15) is 12.8 Å². The molecule has 0 aliphatic rings. The summed E-state index contributed by atoms with van der Waals surface area (Å²) in [4.78, 5) is 102. The molecular formula is C26H40N2O14P2. The zero-order valence-electron chi connectivity index (χ0n) is 24.1. The first-order valence-corrected chi connectivity index (χ1v) is 15.6. The van der Waals surface area contributed by atoms with Crippen molar-refractivity contribution in [1.82, 2.24) is 10.6 Å². The van der Waals surface area contributed by atoms with Gasteiger partial charge in [0.25, 0.3) is 0 Å². The topological polar surface area (TPSA) is 244 Å². The quantitative estimate of drug-likeness (QED) is 0.0425. The Labute approximate surface area is 257 Å². The molecule has 0 saturated carbocycles. The molecule has 0 bridgehead atoms. The van der Waals surface area contributed by atoms with Crippen LogP contribution in [0.25, 0.3) is 0 Å². The van der Waals surface area contributed by atoms with Crippen molar-refractivity contribution in [3.05, 3.63) is 50.6 Å². The molecule has 0 rings (SSSR count). The van der Waals surface area contributed by atoms with E-state index < -0.39 is 40.9 Å². The summed E-state index contributed by atoms with van der Waals surface area (Å²) in [5, 5.41) is 5.05. The first kappa shape index (κ1) is 42.9. The van der Waals surface area contributed by atoms with Crippen molar-refractivity contribution in [1.29, 1.82) is 0 Å². The Balaban J connectivity index is 0. The molecule has 0 atom stereocenters. The molecule has 0 heterocycles. The summed E-state index contributed by atoms with van der Waals surface area (Å²) < 4.78 is 20.3. The fraction of sp³-hybridized carbons (Fsp3) is 0.462. The van der Waals surface area contributed by atoms with E-state index in [9.17, 15) is 28.8 Å². The number of nitrogens with one attached hydrogen (secondary N) is 2.